The molecule has 0 radical (unpaired) electrons. The number of nitrogens with zero attached hydrogens (tertiary/aromatic N) is 1. The van der Waals surface area contributed by atoms with E-state index in [1.807, 2.05) is 0 Å². The van der Waals surface area contributed by atoms with E-state index in [9.17, 15) is 8.42 Å². The maximum Gasteiger partial charge on any atom is 1.00 e. The number of halogens is 1. The summed E-state index contributed by atoms with van der Waals surface area (Å²) in [5.74, 6) is 0. The number of methoxy groups -OCH3 is 1. The van der Waals surface area contributed by atoms with Crippen LogP contribution in [0, 0.1) is 0 Å². The third-order valence-electron chi connectivity index (χ3n) is 3.76. The van der Waals surface area contributed by atoms with Crippen LogP contribution in [0.1, 0.15) is 27.1 Å². The highest BCUT2D eigenvalue weighted by molar-refractivity contribution is 7.89. The van der Waals surface area contributed by atoms with Crippen molar-refractivity contribution in [2.75, 3.05) is 33.3 Å². The molecule has 1 saturated carbocycles. The molecule has 0 amide bonds. The lowest BCUT2D eigenvalue weighted by atomic mass is 9.97. The normalized spacial score (nSPS) is 30.7. The number of hydrogen-bond acceptors (Lipinski definition) is 4. The van der Waals surface area contributed by atoms with Crippen LogP contribution in [0.25, 0.3) is 0 Å². The molecular weight excluding hydrogens is 276 g/mol. The van der Waals surface area contributed by atoms with E-state index in [1.165, 1.54) is 0 Å². The van der Waals surface area contributed by atoms with Crippen molar-refractivity contribution in [1.29, 1.82) is 0 Å². The van der Waals surface area contributed by atoms with Gasteiger partial charge < -0.3 is 22.5 Å². The summed E-state index contributed by atoms with van der Waals surface area (Å²) < 4.78 is 32.0. The molecule has 1 heterocycles. The Morgan fingerprint density at radius 2 is 1.83 bits per heavy atom. The molecule has 108 valence electrons. The Morgan fingerprint density at radius 1 is 1.22 bits per heavy atom. The fraction of sp³-hybridized carbons (Fsp3) is 1.00. The molecule has 2 unspecified atom stereocenters. The molecule has 0 bridgehead atoms. The lowest BCUT2D eigenvalue weighted by Crippen LogP contribution is -3.00. The third kappa shape index (κ3) is 3.36. The SMILES string of the molecule is COC1CCCCC1S(=O)(=O)N1CCNCC1.[Cl-].[H+]. The average molecular weight is 299 g/mol. The van der Waals surface area contributed by atoms with Crippen LogP contribution in [0.15, 0.2) is 0 Å². The summed E-state index contributed by atoms with van der Waals surface area (Å²) in [5.41, 5.74) is 0. The first-order chi connectivity index (χ1) is 8.16. The zero-order valence-corrected chi connectivity index (χ0v) is 12.3. The molecule has 0 aromatic rings. The number of sulfonamides is 1. The molecule has 7 heteroatoms. The van der Waals surface area contributed by atoms with Crippen LogP contribution < -0.4 is 17.7 Å². The second kappa shape index (κ2) is 7.05. The first kappa shape index (κ1) is 16.2. The van der Waals surface area contributed by atoms with Crippen LogP contribution in [-0.4, -0.2) is 57.4 Å². The highest BCUT2D eigenvalue weighted by Gasteiger charge is 2.39. The van der Waals surface area contributed by atoms with E-state index in [0.717, 1.165) is 38.8 Å². The first-order valence-electron chi connectivity index (χ1n) is 6.38. The number of piperazine rings is 1. The molecule has 1 aliphatic carbocycles. The largest absolute Gasteiger partial charge is 1.00 e. The van der Waals surface area contributed by atoms with Crippen LogP contribution >= 0.6 is 0 Å². The van der Waals surface area contributed by atoms with Gasteiger partial charge in [-0.15, -0.1) is 0 Å². The predicted octanol–water partition coefficient (Wildman–Crippen LogP) is -2.70. The smallest absolute Gasteiger partial charge is 1.00 e. The zero-order valence-electron chi connectivity index (χ0n) is 11.8. The van der Waals surface area contributed by atoms with Gasteiger partial charge in [-0.05, 0) is 12.8 Å². The molecule has 0 aromatic heterocycles. The molecule has 1 N–H and O–H groups in total. The van der Waals surface area contributed by atoms with Gasteiger partial charge in [-0.2, -0.15) is 4.31 Å². The summed E-state index contributed by atoms with van der Waals surface area (Å²) in [6, 6.07) is 0. The average Bonchev–Trinajstić information content (AvgIpc) is 2.39. The molecule has 1 aliphatic heterocycles. The van der Waals surface area contributed by atoms with E-state index >= 15 is 0 Å². The zero-order chi connectivity index (χ0) is 12.3. The number of rotatable bonds is 3. The standard InChI is InChI=1S/C11H22N2O3S.ClH/c1-16-10-4-2-3-5-11(10)17(14,15)13-8-6-12-7-9-13;/h10-12H,2-9H2,1H3;1H. The van der Waals surface area contributed by atoms with Gasteiger partial charge in [0.2, 0.25) is 10.0 Å². The van der Waals surface area contributed by atoms with Gasteiger partial charge in [-0.1, -0.05) is 12.8 Å². The van der Waals surface area contributed by atoms with E-state index in [1.54, 1.807) is 11.4 Å². The molecular formula is C11H23ClN2O3S. The van der Waals surface area contributed by atoms with Crippen molar-refractivity contribution in [2.45, 2.75) is 37.0 Å². The van der Waals surface area contributed by atoms with Crippen molar-refractivity contribution in [3.05, 3.63) is 0 Å². The van der Waals surface area contributed by atoms with Crippen molar-refractivity contribution in [3.8, 4) is 0 Å². The molecule has 18 heavy (non-hydrogen) atoms. The monoisotopic (exact) mass is 298 g/mol. The van der Waals surface area contributed by atoms with E-state index < -0.39 is 10.0 Å². The Balaban J connectivity index is 0.00000162. The summed E-state index contributed by atoms with van der Waals surface area (Å²) >= 11 is 0. The molecule has 2 aliphatic rings. The minimum Gasteiger partial charge on any atom is -1.00 e. The van der Waals surface area contributed by atoms with Gasteiger partial charge in [0.1, 0.15) is 5.25 Å². The Morgan fingerprint density at radius 3 is 2.44 bits per heavy atom. The maximum atomic E-state index is 12.5. The van der Waals surface area contributed by atoms with Gasteiger partial charge >= 0.3 is 1.43 Å². The lowest BCUT2D eigenvalue weighted by Gasteiger charge is -2.35. The first-order valence-corrected chi connectivity index (χ1v) is 7.89. The van der Waals surface area contributed by atoms with Crippen molar-refractivity contribution >= 4 is 10.0 Å². The van der Waals surface area contributed by atoms with Gasteiger partial charge in [-0.3, -0.25) is 0 Å². The van der Waals surface area contributed by atoms with Gasteiger partial charge in [0.15, 0.2) is 0 Å². The summed E-state index contributed by atoms with van der Waals surface area (Å²) in [7, 11) is -1.56. The van der Waals surface area contributed by atoms with Crippen LogP contribution in [0.3, 0.4) is 0 Å². The van der Waals surface area contributed by atoms with Crippen molar-refractivity contribution in [2.24, 2.45) is 0 Å². The number of ether oxygens (including phenoxy) is 1. The van der Waals surface area contributed by atoms with E-state index in [2.05, 4.69) is 5.32 Å². The minimum atomic E-state index is -3.18. The molecule has 2 fully saturated rings. The number of hydrogen-bond donors (Lipinski definition) is 1. The van der Waals surface area contributed by atoms with Crippen LogP contribution in [0.2, 0.25) is 0 Å². The topological polar surface area (TPSA) is 58.6 Å². The summed E-state index contributed by atoms with van der Waals surface area (Å²) in [6.45, 7) is 2.69. The highest BCUT2D eigenvalue weighted by Crippen LogP contribution is 2.28. The highest BCUT2D eigenvalue weighted by atomic mass is 35.5. The Hall–Kier alpha value is 0.120. The Bertz CT molecular complexity index is 350. The summed E-state index contributed by atoms with van der Waals surface area (Å²) in [5, 5.41) is 2.84. The van der Waals surface area contributed by atoms with E-state index in [4.69, 9.17) is 4.74 Å². The second-order valence-electron chi connectivity index (χ2n) is 4.79. The molecule has 0 spiro atoms. The molecule has 0 aromatic carbocycles. The fourth-order valence-corrected chi connectivity index (χ4v) is 4.93. The maximum absolute atomic E-state index is 12.5. The molecule has 5 nitrogen and oxygen atoms in total. The minimum absolute atomic E-state index is 0. The van der Waals surface area contributed by atoms with E-state index in [0.29, 0.717) is 13.1 Å². The van der Waals surface area contributed by atoms with Crippen molar-refractivity contribution in [1.82, 2.24) is 9.62 Å². The second-order valence-corrected chi connectivity index (χ2v) is 6.94. The quantitative estimate of drug-likeness (QED) is 0.616. The predicted molar refractivity (Wildman–Crippen MR) is 67.5 cm³/mol. The molecule has 2 atom stereocenters. The lowest BCUT2D eigenvalue weighted by molar-refractivity contribution is -0.00000801. The van der Waals surface area contributed by atoms with Crippen LogP contribution in [0.4, 0.5) is 0 Å². The Labute approximate surface area is 117 Å². The molecule has 1 saturated heterocycles. The third-order valence-corrected chi connectivity index (χ3v) is 6.15. The van der Waals surface area contributed by atoms with Gasteiger partial charge in [0.25, 0.3) is 0 Å². The van der Waals surface area contributed by atoms with E-state index in [-0.39, 0.29) is 25.2 Å². The summed E-state index contributed by atoms with van der Waals surface area (Å²) in [6.07, 6.45) is 3.56. The van der Waals surface area contributed by atoms with Crippen LogP contribution in [-0.2, 0) is 14.8 Å². The fourth-order valence-electron chi connectivity index (χ4n) is 2.76. The van der Waals surface area contributed by atoms with Crippen molar-refractivity contribution < 1.29 is 27.0 Å². The van der Waals surface area contributed by atoms with Gasteiger partial charge in [0, 0.05) is 33.3 Å². The van der Waals surface area contributed by atoms with Crippen LogP contribution in [0.5, 0.6) is 0 Å². The molecule has 2 rings (SSSR count). The van der Waals surface area contributed by atoms with Gasteiger partial charge in [0.05, 0.1) is 6.10 Å². The Kier molecular flexibility index (Phi) is 6.34. The van der Waals surface area contributed by atoms with Crippen molar-refractivity contribution in [3.63, 3.8) is 0 Å². The van der Waals surface area contributed by atoms with Gasteiger partial charge in [-0.25, -0.2) is 8.42 Å². The number of nitrogens with one attached hydrogen (secondary N) is 1. The summed E-state index contributed by atoms with van der Waals surface area (Å²) in [4.78, 5) is 0.